The van der Waals surface area contributed by atoms with E-state index < -0.39 is 5.41 Å². The molecule has 0 saturated carbocycles. The fraction of sp³-hybridized carbons (Fsp3) is 0.300. The van der Waals surface area contributed by atoms with Crippen LogP contribution >= 0.6 is 0 Å². The molecule has 0 spiro atoms. The van der Waals surface area contributed by atoms with Gasteiger partial charge >= 0.3 is 0 Å². The van der Waals surface area contributed by atoms with Crippen LogP contribution in [0, 0.1) is 5.41 Å². The van der Waals surface area contributed by atoms with Crippen molar-refractivity contribution in [3.05, 3.63) is 60.2 Å². The quantitative estimate of drug-likeness (QED) is 0.814. The van der Waals surface area contributed by atoms with Crippen molar-refractivity contribution in [2.45, 2.75) is 20.3 Å². The van der Waals surface area contributed by atoms with Gasteiger partial charge in [0.1, 0.15) is 5.41 Å². The maximum Gasteiger partial charge on any atom is 0.242 e. The molecular weight excluding hydrogens is 300 g/mol. The highest BCUT2D eigenvalue weighted by Gasteiger charge is 2.43. The minimum absolute atomic E-state index is 0.153. The molecule has 0 radical (unpaired) electrons. The fourth-order valence-corrected chi connectivity index (χ4v) is 3.17. The summed E-state index contributed by atoms with van der Waals surface area (Å²) in [6.07, 6.45) is 0.834. The second kappa shape index (κ2) is 6.11. The third-order valence-electron chi connectivity index (χ3n) is 4.65. The molecular formula is C20H22N2O2. The Hall–Kier alpha value is -2.62. The Kier molecular flexibility index (Phi) is 4.14. The second-order valence-corrected chi connectivity index (χ2v) is 6.66. The SMILES string of the molecule is CN(C(=O)C(C)(C)C(=O)N1CCc2ccccc21)c1ccccc1. The summed E-state index contributed by atoms with van der Waals surface area (Å²) < 4.78 is 0. The molecule has 0 aromatic heterocycles. The normalized spacial score (nSPS) is 13.5. The van der Waals surface area contributed by atoms with E-state index in [0.29, 0.717) is 6.54 Å². The van der Waals surface area contributed by atoms with Crippen molar-refractivity contribution in [1.29, 1.82) is 0 Å². The Labute approximate surface area is 142 Å². The highest BCUT2D eigenvalue weighted by molar-refractivity contribution is 6.16. The summed E-state index contributed by atoms with van der Waals surface area (Å²) in [5.41, 5.74) is 1.74. The van der Waals surface area contributed by atoms with Crippen molar-refractivity contribution in [2.75, 3.05) is 23.4 Å². The molecule has 1 aliphatic heterocycles. The lowest BCUT2D eigenvalue weighted by atomic mass is 9.89. The standard InChI is InChI=1S/C20H22N2O2/c1-20(2,18(23)21(3)16-10-5-4-6-11-16)19(24)22-14-13-15-9-7-8-12-17(15)22/h4-12H,13-14H2,1-3H3. The minimum Gasteiger partial charge on any atom is -0.315 e. The van der Waals surface area contributed by atoms with E-state index >= 15 is 0 Å². The van der Waals surface area contributed by atoms with Crippen LogP contribution in [-0.2, 0) is 16.0 Å². The molecule has 0 bridgehead atoms. The van der Waals surface area contributed by atoms with E-state index in [1.165, 1.54) is 0 Å². The largest absolute Gasteiger partial charge is 0.315 e. The van der Waals surface area contributed by atoms with E-state index in [2.05, 4.69) is 0 Å². The molecule has 0 atom stereocenters. The highest BCUT2D eigenvalue weighted by Crippen LogP contribution is 2.33. The molecule has 0 saturated heterocycles. The Bertz CT molecular complexity index is 768. The number of hydrogen-bond donors (Lipinski definition) is 0. The number of fused-ring (bicyclic) bond motifs is 1. The first-order chi connectivity index (χ1) is 11.4. The number of hydrogen-bond acceptors (Lipinski definition) is 2. The van der Waals surface area contributed by atoms with Crippen LogP contribution in [0.4, 0.5) is 11.4 Å². The van der Waals surface area contributed by atoms with Gasteiger partial charge in [-0.3, -0.25) is 9.59 Å². The lowest BCUT2D eigenvalue weighted by molar-refractivity contribution is -0.137. The molecule has 2 aromatic carbocycles. The summed E-state index contributed by atoms with van der Waals surface area (Å²) in [5, 5.41) is 0. The van der Waals surface area contributed by atoms with Gasteiger partial charge in [0.25, 0.3) is 0 Å². The molecule has 0 fully saturated rings. The topological polar surface area (TPSA) is 40.6 Å². The first-order valence-corrected chi connectivity index (χ1v) is 8.16. The molecule has 2 amide bonds. The van der Waals surface area contributed by atoms with Gasteiger partial charge in [-0.15, -0.1) is 0 Å². The molecule has 3 rings (SSSR count). The van der Waals surface area contributed by atoms with Crippen LogP contribution in [0.5, 0.6) is 0 Å². The zero-order chi connectivity index (χ0) is 17.3. The van der Waals surface area contributed by atoms with E-state index in [1.54, 1.807) is 30.7 Å². The number of anilines is 2. The van der Waals surface area contributed by atoms with E-state index in [4.69, 9.17) is 0 Å². The predicted molar refractivity (Wildman–Crippen MR) is 96.1 cm³/mol. The molecule has 2 aromatic rings. The molecule has 1 heterocycles. The smallest absolute Gasteiger partial charge is 0.242 e. The number of para-hydroxylation sites is 2. The monoisotopic (exact) mass is 322 g/mol. The van der Waals surface area contributed by atoms with Crippen LogP contribution in [-0.4, -0.2) is 25.4 Å². The first kappa shape index (κ1) is 16.2. The van der Waals surface area contributed by atoms with E-state index in [-0.39, 0.29) is 11.8 Å². The number of carbonyl (C=O) groups is 2. The summed E-state index contributed by atoms with van der Waals surface area (Å²) in [5.74, 6) is -0.358. The van der Waals surface area contributed by atoms with Gasteiger partial charge in [-0.05, 0) is 44.0 Å². The molecule has 0 unspecified atom stereocenters. The van der Waals surface area contributed by atoms with Crippen molar-refractivity contribution in [2.24, 2.45) is 5.41 Å². The Morgan fingerprint density at radius 1 is 1.00 bits per heavy atom. The van der Waals surface area contributed by atoms with Gasteiger partial charge in [0.2, 0.25) is 11.8 Å². The summed E-state index contributed by atoms with van der Waals surface area (Å²) in [6.45, 7) is 4.04. The van der Waals surface area contributed by atoms with Crippen LogP contribution in [0.3, 0.4) is 0 Å². The summed E-state index contributed by atoms with van der Waals surface area (Å²) in [4.78, 5) is 29.3. The van der Waals surface area contributed by atoms with Crippen molar-refractivity contribution in [1.82, 2.24) is 0 Å². The lowest BCUT2D eigenvalue weighted by Gasteiger charge is -2.32. The highest BCUT2D eigenvalue weighted by atomic mass is 16.2. The predicted octanol–water partition coefficient (Wildman–Crippen LogP) is 3.26. The maximum atomic E-state index is 13.1. The van der Waals surface area contributed by atoms with Crippen LogP contribution in [0.15, 0.2) is 54.6 Å². The molecule has 1 aliphatic rings. The van der Waals surface area contributed by atoms with Crippen LogP contribution in [0.1, 0.15) is 19.4 Å². The Morgan fingerprint density at radius 3 is 2.33 bits per heavy atom. The molecule has 0 N–H and O–H groups in total. The Balaban J connectivity index is 1.85. The molecule has 4 heteroatoms. The van der Waals surface area contributed by atoms with Crippen LogP contribution in [0.2, 0.25) is 0 Å². The van der Waals surface area contributed by atoms with Crippen molar-refractivity contribution < 1.29 is 9.59 Å². The number of nitrogens with zero attached hydrogens (tertiary/aromatic N) is 2. The average molecular weight is 322 g/mol. The van der Waals surface area contributed by atoms with Crippen LogP contribution in [0.25, 0.3) is 0 Å². The molecule has 24 heavy (non-hydrogen) atoms. The third-order valence-corrected chi connectivity index (χ3v) is 4.65. The number of carbonyl (C=O) groups excluding carboxylic acids is 2. The molecule has 0 aliphatic carbocycles. The van der Waals surface area contributed by atoms with Gasteiger partial charge in [0.05, 0.1) is 0 Å². The van der Waals surface area contributed by atoms with Gasteiger partial charge < -0.3 is 9.80 Å². The Morgan fingerprint density at radius 2 is 1.62 bits per heavy atom. The van der Waals surface area contributed by atoms with E-state index in [0.717, 1.165) is 23.4 Å². The van der Waals surface area contributed by atoms with Gasteiger partial charge in [-0.1, -0.05) is 36.4 Å². The second-order valence-electron chi connectivity index (χ2n) is 6.66. The summed E-state index contributed by atoms with van der Waals surface area (Å²) in [7, 11) is 1.71. The zero-order valence-corrected chi connectivity index (χ0v) is 14.3. The molecule has 124 valence electrons. The first-order valence-electron chi connectivity index (χ1n) is 8.16. The lowest BCUT2D eigenvalue weighted by Crippen LogP contribution is -2.50. The van der Waals surface area contributed by atoms with Gasteiger partial charge in [0, 0.05) is 25.0 Å². The molecule has 4 nitrogen and oxygen atoms in total. The van der Waals surface area contributed by atoms with Gasteiger partial charge in [0.15, 0.2) is 0 Å². The number of benzene rings is 2. The van der Waals surface area contributed by atoms with E-state index in [1.807, 2.05) is 54.6 Å². The third kappa shape index (κ3) is 2.68. The summed E-state index contributed by atoms with van der Waals surface area (Å²) >= 11 is 0. The maximum absolute atomic E-state index is 13.1. The minimum atomic E-state index is -1.12. The zero-order valence-electron chi connectivity index (χ0n) is 14.3. The van der Waals surface area contributed by atoms with Crippen molar-refractivity contribution in [3.63, 3.8) is 0 Å². The number of amides is 2. The van der Waals surface area contributed by atoms with Crippen molar-refractivity contribution in [3.8, 4) is 0 Å². The summed E-state index contributed by atoms with van der Waals surface area (Å²) in [6, 6.07) is 17.3. The average Bonchev–Trinajstić information content (AvgIpc) is 3.04. The van der Waals surface area contributed by atoms with E-state index in [9.17, 15) is 9.59 Å². The van der Waals surface area contributed by atoms with Gasteiger partial charge in [-0.2, -0.15) is 0 Å². The fourth-order valence-electron chi connectivity index (χ4n) is 3.17. The van der Waals surface area contributed by atoms with Crippen LogP contribution < -0.4 is 9.80 Å². The van der Waals surface area contributed by atoms with Crippen molar-refractivity contribution >= 4 is 23.2 Å². The number of rotatable bonds is 3. The van der Waals surface area contributed by atoms with Gasteiger partial charge in [-0.25, -0.2) is 0 Å².